The predicted octanol–water partition coefficient (Wildman–Crippen LogP) is 0.306. The van der Waals surface area contributed by atoms with E-state index in [1.807, 2.05) is 0 Å². The van der Waals surface area contributed by atoms with E-state index < -0.39 is 11.6 Å². The number of aliphatic carboxylic acids is 1. The highest BCUT2D eigenvalue weighted by Crippen LogP contribution is 2.37. The second-order valence-corrected chi connectivity index (χ2v) is 4.84. The van der Waals surface area contributed by atoms with Crippen LogP contribution in [0.5, 0.6) is 0 Å². The van der Waals surface area contributed by atoms with Crippen molar-refractivity contribution in [2.45, 2.75) is 37.8 Å². The third-order valence-corrected chi connectivity index (χ3v) is 3.49. The van der Waals surface area contributed by atoms with Crippen LogP contribution in [0.1, 0.15) is 26.2 Å². The lowest BCUT2D eigenvalue weighted by molar-refractivity contribution is -0.158. The van der Waals surface area contributed by atoms with Crippen LogP contribution in [0.25, 0.3) is 0 Å². The number of piperidine rings is 1. The van der Waals surface area contributed by atoms with Gasteiger partial charge < -0.3 is 10.2 Å². The number of β-amino-alcohol motifs (C(OH)–C–C–N with tert-alkyl or cyclic N) is 1. The van der Waals surface area contributed by atoms with Crippen molar-refractivity contribution in [2.75, 3.05) is 13.1 Å². The molecule has 0 spiro atoms. The minimum Gasteiger partial charge on any atom is -0.479 e. The van der Waals surface area contributed by atoms with E-state index in [2.05, 4.69) is 4.90 Å². The van der Waals surface area contributed by atoms with E-state index in [4.69, 9.17) is 5.11 Å². The zero-order valence-corrected chi connectivity index (χ0v) is 8.44. The number of carbonyl (C=O) groups is 1. The molecule has 14 heavy (non-hydrogen) atoms. The molecule has 0 aromatic rings. The van der Waals surface area contributed by atoms with Crippen molar-refractivity contribution in [2.24, 2.45) is 5.92 Å². The monoisotopic (exact) mass is 199 g/mol. The van der Waals surface area contributed by atoms with Crippen molar-refractivity contribution in [3.63, 3.8) is 0 Å². The predicted molar refractivity (Wildman–Crippen MR) is 51.0 cm³/mol. The Labute approximate surface area is 83.5 Å². The molecule has 3 atom stereocenters. The third kappa shape index (κ3) is 1.64. The first-order chi connectivity index (χ1) is 6.49. The zero-order valence-electron chi connectivity index (χ0n) is 8.44. The fourth-order valence-electron chi connectivity index (χ4n) is 2.68. The van der Waals surface area contributed by atoms with Gasteiger partial charge >= 0.3 is 5.97 Å². The van der Waals surface area contributed by atoms with Gasteiger partial charge in [0, 0.05) is 19.1 Å². The highest BCUT2D eigenvalue weighted by atomic mass is 16.4. The summed E-state index contributed by atoms with van der Waals surface area (Å²) in [5.41, 5.74) is -1.59. The lowest BCUT2D eigenvalue weighted by atomic mass is 10.0. The van der Waals surface area contributed by atoms with Gasteiger partial charge in [-0.1, -0.05) is 0 Å². The third-order valence-electron chi connectivity index (χ3n) is 3.49. The molecule has 0 radical (unpaired) electrons. The number of aliphatic hydroxyl groups is 1. The van der Waals surface area contributed by atoms with Crippen LogP contribution >= 0.6 is 0 Å². The van der Waals surface area contributed by atoms with Crippen LogP contribution in [0.4, 0.5) is 0 Å². The van der Waals surface area contributed by atoms with E-state index in [0.717, 1.165) is 12.5 Å². The largest absolute Gasteiger partial charge is 0.479 e. The van der Waals surface area contributed by atoms with Crippen LogP contribution in [-0.4, -0.2) is 45.8 Å². The molecule has 0 aromatic carbocycles. The van der Waals surface area contributed by atoms with E-state index in [1.165, 1.54) is 26.2 Å². The van der Waals surface area contributed by atoms with E-state index in [-0.39, 0.29) is 6.54 Å². The van der Waals surface area contributed by atoms with Crippen molar-refractivity contribution in [3.05, 3.63) is 0 Å². The van der Waals surface area contributed by atoms with Gasteiger partial charge in [0.2, 0.25) is 0 Å². The van der Waals surface area contributed by atoms with E-state index in [9.17, 15) is 9.90 Å². The second-order valence-electron chi connectivity index (χ2n) is 4.84. The molecule has 3 unspecified atom stereocenters. The quantitative estimate of drug-likeness (QED) is 0.686. The molecule has 1 saturated heterocycles. The highest BCUT2D eigenvalue weighted by Gasteiger charge is 2.42. The van der Waals surface area contributed by atoms with Crippen LogP contribution in [0, 0.1) is 5.92 Å². The van der Waals surface area contributed by atoms with Crippen molar-refractivity contribution in [1.82, 2.24) is 4.90 Å². The lowest BCUT2D eigenvalue weighted by Crippen LogP contribution is -2.49. The molecule has 0 aromatic heterocycles. The number of nitrogens with zero attached hydrogens (tertiary/aromatic N) is 1. The minimum absolute atomic E-state index is 0.267. The fraction of sp³-hybridized carbons (Fsp3) is 0.900. The van der Waals surface area contributed by atoms with Gasteiger partial charge in [-0.25, -0.2) is 4.79 Å². The number of hydrogen-bond donors (Lipinski definition) is 2. The topological polar surface area (TPSA) is 60.8 Å². The Morgan fingerprint density at radius 2 is 2.29 bits per heavy atom. The molecule has 2 aliphatic rings. The maximum Gasteiger partial charge on any atom is 0.336 e. The summed E-state index contributed by atoms with van der Waals surface area (Å²) in [7, 11) is 0. The van der Waals surface area contributed by atoms with Gasteiger partial charge in [0.15, 0.2) is 5.60 Å². The summed E-state index contributed by atoms with van der Waals surface area (Å²) in [6, 6.07) is 0.519. The summed E-state index contributed by atoms with van der Waals surface area (Å²) < 4.78 is 0. The first kappa shape index (κ1) is 9.93. The smallest absolute Gasteiger partial charge is 0.336 e. The first-order valence-electron chi connectivity index (χ1n) is 5.19. The molecule has 4 heteroatoms. The maximum atomic E-state index is 10.7. The molecular weight excluding hydrogens is 182 g/mol. The SMILES string of the molecule is CC(O)(CN1CC2CCC1C2)C(=O)O. The molecule has 1 aliphatic heterocycles. The molecule has 1 aliphatic carbocycles. The summed E-state index contributed by atoms with van der Waals surface area (Å²) in [6.45, 7) is 2.61. The summed E-state index contributed by atoms with van der Waals surface area (Å²) >= 11 is 0. The van der Waals surface area contributed by atoms with Gasteiger partial charge in [-0.2, -0.15) is 0 Å². The fourth-order valence-corrected chi connectivity index (χ4v) is 2.68. The zero-order chi connectivity index (χ0) is 10.3. The number of rotatable bonds is 3. The number of carboxylic acid groups (broad SMARTS) is 1. The van der Waals surface area contributed by atoms with Crippen molar-refractivity contribution >= 4 is 5.97 Å². The molecule has 1 heterocycles. The molecule has 80 valence electrons. The summed E-state index contributed by atoms with van der Waals surface area (Å²) in [5, 5.41) is 18.4. The first-order valence-corrected chi connectivity index (χ1v) is 5.19. The van der Waals surface area contributed by atoms with Crippen LogP contribution in [0.3, 0.4) is 0 Å². The number of hydrogen-bond acceptors (Lipinski definition) is 3. The average molecular weight is 199 g/mol. The molecule has 2 bridgehead atoms. The molecular formula is C10H17NO3. The Hall–Kier alpha value is -0.610. The maximum absolute atomic E-state index is 10.7. The number of likely N-dealkylation sites (tertiary alicyclic amines) is 1. The van der Waals surface area contributed by atoms with Gasteiger partial charge in [-0.3, -0.25) is 4.90 Å². The van der Waals surface area contributed by atoms with Gasteiger partial charge in [-0.05, 0) is 32.1 Å². The summed E-state index contributed by atoms with van der Waals surface area (Å²) in [6.07, 6.45) is 3.63. The molecule has 0 amide bonds. The van der Waals surface area contributed by atoms with Gasteiger partial charge in [0.1, 0.15) is 0 Å². The Morgan fingerprint density at radius 1 is 1.57 bits per heavy atom. The normalized spacial score (nSPS) is 35.9. The van der Waals surface area contributed by atoms with E-state index in [0.29, 0.717) is 6.04 Å². The van der Waals surface area contributed by atoms with Crippen LogP contribution in [0.2, 0.25) is 0 Å². The van der Waals surface area contributed by atoms with Gasteiger partial charge in [0.05, 0.1) is 0 Å². The van der Waals surface area contributed by atoms with E-state index >= 15 is 0 Å². The number of carboxylic acids is 1. The van der Waals surface area contributed by atoms with Crippen molar-refractivity contribution in [3.8, 4) is 0 Å². The molecule has 1 saturated carbocycles. The molecule has 4 nitrogen and oxygen atoms in total. The van der Waals surface area contributed by atoms with Crippen molar-refractivity contribution in [1.29, 1.82) is 0 Å². The van der Waals surface area contributed by atoms with Gasteiger partial charge in [-0.15, -0.1) is 0 Å². The molecule has 2 N–H and O–H groups in total. The lowest BCUT2D eigenvalue weighted by Gasteiger charge is -2.31. The van der Waals surface area contributed by atoms with Crippen LogP contribution in [0.15, 0.2) is 0 Å². The summed E-state index contributed by atoms with van der Waals surface area (Å²) in [5.74, 6) is -0.384. The highest BCUT2D eigenvalue weighted by molar-refractivity contribution is 5.76. The van der Waals surface area contributed by atoms with Gasteiger partial charge in [0.25, 0.3) is 0 Å². The standard InChI is InChI=1S/C10H17NO3/c1-10(14,9(12)13)6-11-5-7-2-3-8(11)4-7/h7-8,14H,2-6H2,1H3,(H,12,13). The Balaban J connectivity index is 1.95. The Kier molecular flexibility index (Phi) is 2.27. The second kappa shape index (κ2) is 3.21. The molecule has 2 fully saturated rings. The Bertz CT molecular complexity index is 252. The van der Waals surface area contributed by atoms with Crippen molar-refractivity contribution < 1.29 is 15.0 Å². The average Bonchev–Trinajstić information content (AvgIpc) is 2.63. The molecule has 2 rings (SSSR count). The van der Waals surface area contributed by atoms with E-state index in [1.54, 1.807) is 0 Å². The van der Waals surface area contributed by atoms with Crippen LogP contribution in [-0.2, 0) is 4.79 Å². The minimum atomic E-state index is -1.59. The number of fused-ring (bicyclic) bond motifs is 2. The van der Waals surface area contributed by atoms with Crippen LogP contribution < -0.4 is 0 Å². The summed E-state index contributed by atoms with van der Waals surface area (Å²) in [4.78, 5) is 12.9. The Morgan fingerprint density at radius 3 is 2.71 bits per heavy atom.